The number of quaternary nitrogens is 1. The van der Waals surface area contributed by atoms with Crippen molar-refractivity contribution in [2.24, 2.45) is 0 Å². The van der Waals surface area contributed by atoms with Crippen LogP contribution in [0, 0.1) is 6.92 Å². The molecule has 0 heterocycles. The van der Waals surface area contributed by atoms with E-state index in [1.165, 1.54) is 21.6 Å². The Bertz CT molecular complexity index is 700. The Labute approximate surface area is 151 Å². The fourth-order valence-corrected chi connectivity index (χ4v) is 2.76. The Morgan fingerprint density at radius 3 is 2.28 bits per heavy atom. The van der Waals surface area contributed by atoms with Gasteiger partial charge >= 0.3 is 0 Å². The van der Waals surface area contributed by atoms with Gasteiger partial charge in [0.1, 0.15) is 6.54 Å². The van der Waals surface area contributed by atoms with Gasteiger partial charge in [0.05, 0.1) is 13.1 Å². The first-order chi connectivity index (χ1) is 12.1. The van der Waals surface area contributed by atoms with Crippen molar-refractivity contribution in [2.45, 2.75) is 33.9 Å². The van der Waals surface area contributed by atoms with Gasteiger partial charge in [-0.15, -0.1) is 0 Å². The number of amides is 1. The minimum absolute atomic E-state index is 0.0643. The normalized spacial score (nSPS) is 11.2. The van der Waals surface area contributed by atoms with E-state index in [0.717, 1.165) is 25.2 Å². The Balaban J connectivity index is 1.94. The highest BCUT2D eigenvalue weighted by molar-refractivity contribution is 5.91. The molecule has 0 radical (unpaired) electrons. The van der Waals surface area contributed by atoms with Crippen LogP contribution in [0.3, 0.4) is 0 Å². The third-order valence-electron chi connectivity index (χ3n) is 4.52. The van der Waals surface area contributed by atoms with E-state index in [4.69, 9.17) is 0 Å². The van der Waals surface area contributed by atoms with Gasteiger partial charge in [0, 0.05) is 18.2 Å². The molecule has 0 aromatic heterocycles. The second-order valence-corrected chi connectivity index (χ2v) is 6.36. The molecule has 1 amide bonds. The second-order valence-electron chi connectivity index (χ2n) is 6.36. The molecular formula is C22H29N2O+. The van der Waals surface area contributed by atoms with Gasteiger partial charge in [-0.2, -0.15) is 0 Å². The summed E-state index contributed by atoms with van der Waals surface area (Å²) in [5.74, 6) is -0.0643. The lowest BCUT2D eigenvalue weighted by molar-refractivity contribution is -0.910. The topological polar surface area (TPSA) is 33.5 Å². The van der Waals surface area contributed by atoms with Crippen LogP contribution < -0.4 is 10.2 Å². The summed E-state index contributed by atoms with van der Waals surface area (Å²) in [6.45, 7) is 10.2. The van der Waals surface area contributed by atoms with Crippen molar-refractivity contribution < 1.29 is 9.69 Å². The summed E-state index contributed by atoms with van der Waals surface area (Å²) in [7, 11) is 0. The minimum Gasteiger partial charge on any atom is -0.348 e. The average Bonchev–Trinajstić information content (AvgIpc) is 2.64. The quantitative estimate of drug-likeness (QED) is 0.714. The number of aryl methyl sites for hydroxylation is 1. The van der Waals surface area contributed by atoms with Crippen molar-refractivity contribution >= 4 is 12.0 Å². The molecule has 0 fully saturated rings. The van der Waals surface area contributed by atoms with Crippen molar-refractivity contribution in [2.75, 3.05) is 13.1 Å². The maximum Gasteiger partial charge on any atom is 0.244 e. The van der Waals surface area contributed by atoms with Crippen LogP contribution in [0.4, 0.5) is 0 Å². The van der Waals surface area contributed by atoms with Crippen molar-refractivity contribution in [1.29, 1.82) is 0 Å². The summed E-state index contributed by atoms with van der Waals surface area (Å²) in [5, 5.41) is 3.00. The zero-order valence-electron chi connectivity index (χ0n) is 15.5. The molecule has 0 spiro atoms. The Morgan fingerprint density at radius 2 is 1.64 bits per heavy atom. The zero-order valence-corrected chi connectivity index (χ0v) is 15.5. The van der Waals surface area contributed by atoms with Crippen LogP contribution in [0.5, 0.6) is 0 Å². The molecule has 2 aromatic carbocycles. The molecule has 3 nitrogen and oxygen atoms in total. The van der Waals surface area contributed by atoms with E-state index in [0.29, 0.717) is 6.54 Å². The van der Waals surface area contributed by atoms with Gasteiger partial charge in [0.2, 0.25) is 5.91 Å². The summed E-state index contributed by atoms with van der Waals surface area (Å²) in [5.41, 5.74) is 4.75. The summed E-state index contributed by atoms with van der Waals surface area (Å²) in [6, 6.07) is 16.5. The standard InChI is InChI=1S/C22H28N2O/c1-4-24(5-2)17-21-9-7-6-8-20(21)16-23-22(25)15-14-19-12-10-18(3)11-13-19/h6-15H,4-5,16-17H2,1-3H3,(H,23,25)/p+1/b15-14+. The molecule has 0 atom stereocenters. The van der Waals surface area contributed by atoms with E-state index < -0.39 is 0 Å². The zero-order chi connectivity index (χ0) is 18.1. The van der Waals surface area contributed by atoms with Gasteiger partial charge in [-0.3, -0.25) is 4.79 Å². The van der Waals surface area contributed by atoms with Gasteiger partial charge in [0.25, 0.3) is 0 Å². The molecule has 132 valence electrons. The molecule has 2 rings (SSSR count). The minimum atomic E-state index is -0.0643. The SMILES string of the molecule is CC[NH+](CC)Cc1ccccc1CNC(=O)/C=C/c1ccc(C)cc1. The third kappa shape index (κ3) is 6.20. The first-order valence-corrected chi connectivity index (χ1v) is 9.05. The molecule has 0 aliphatic rings. The predicted molar refractivity (Wildman–Crippen MR) is 104 cm³/mol. The number of carbonyl (C=O) groups is 1. The van der Waals surface area contributed by atoms with Gasteiger partial charge in [-0.05, 0) is 38.0 Å². The van der Waals surface area contributed by atoms with Crippen LogP contribution in [0.25, 0.3) is 6.08 Å². The maximum atomic E-state index is 12.1. The van der Waals surface area contributed by atoms with Gasteiger partial charge in [0.15, 0.2) is 0 Å². The summed E-state index contributed by atoms with van der Waals surface area (Å²) in [6.07, 6.45) is 3.45. The molecule has 2 aromatic rings. The first-order valence-electron chi connectivity index (χ1n) is 9.05. The van der Waals surface area contributed by atoms with Crippen LogP contribution in [0.2, 0.25) is 0 Å². The highest BCUT2D eigenvalue weighted by atomic mass is 16.1. The summed E-state index contributed by atoms with van der Waals surface area (Å²) in [4.78, 5) is 13.6. The number of hydrogen-bond acceptors (Lipinski definition) is 1. The first kappa shape index (κ1) is 18.9. The van der Waals surface area contributed by atoms with Crippen LogP contribution in [-0.2, 0) is 17.9 Å². The van der Waals surface area contributed by atoms with Crippen LogP contribution in [0.15, 0.2) is 54.6 Å². The fraction of sp³-hybridized carbons (Fsp3) is 0.318. The molecule has 0 saturated carbocycles. The molecule has 0 aliphatic carbocycles. The fourth-order valence-electron chi connectivity index (χ4n) is 2.76. The van der Waals surface area contributed by atoms with Crippen LogP contribution in [-0.4, -0.2) is 19.0 Å². The monoisotopic (exact) mass is 337 g/mol. The largest absolute Gasteiger partial charge is 0.348 e. The molecule has 3 heteroatoms. The second kappa shape index (κ2) is 9.80. The lowest BCUT2D eigenvalue weighted by Crippen LogP contribution is -3.10. The highest BCUT2D eigenvalue weighted by Crippen LogP contribution is 2.08. The summed E-state index contributed by atoms with van der Waals surface area (Å²) >= 11 is 0. The number of nitrogens with one attached hydrogen (secondary N) is 2. The van der Waals surface area contributed by atoms with Crippen molar-refractivity contribution in [3.63, 3.8) is 0 Å². The van der Waals surface area contributed by atoms with E-state index in [2.05, 4.69) is 44.3 Å². The predicted octanol–water partition coefficient (Wildman–Crippen LogP) is 2.75. The Morgan fingerprint density at radius 1 is 1.00 bits per heavy atom. The number of hydrogen-bond donors (Lipinski definition) is 2. The van der Waals surface area contributed by atoms with Crippen LogP contribution >= 0.6 is 0 Å². The van der Waals surface area contributed by atoms with E-state index in [9.17, 15) is 4.79 Å². The third-order valence-corrected chi connectivity index (χ3v) is 4.52. The number of benzene rings is 2. The highest BCUT2D eigenvalue weighted by Gasteiger charge is 2.09. The number of rotatable bonds is 8. The lowest BCUT2D eigenvalue weighted by Gasteiger charge is -2.17. The Kier molecular flexibility index (Phi) is 7.42. The van der Waals surface area contributed by atoms with Gasteiger partial charge < -0.3 is 10.2 Å². The van der Waals surface area contributed by atoms with Crippen LogP contribution in [0.1, 0.15) is 36.1 Å². The van der Waals surface area contributed by atoms with E-state index >= 15 is 0 Å². The molecule has 2 N–H and O–H groups in total. The molecule has 0 bridgehead atoms. The summed E-state index contributed by atoms with van der Waals surface area (Å²) < 4.78 is 0. The van der Waals surface area contributed by atoms with Gasteiger partial charge in [-0.1, -0.05) is 54.1 Å². The van der Waals surface area contributed by atoms with E-state index in [1.807, 2.05) is 36.4 Å². The number of carbonyl (C=O) groups excluding carboxylic acids is 1. The molecule has 25 heavy (non-hydrogen) atoms. The molecule has 0 unspecified atom stereocenters. The van der Waals surface area contributed by atoms with Crippen molar-refractivity contribution in [3.05, 3.63) is 76.9 Å². The Hall–Kier alpha value is -2.39. The van der Waals surface area contributed by atoms with E-state index in [1.54, 1.807) is 6.08 Å². The molecule has 0 saturated heterocycles. The smallest absolute Gasteiger partial charge is 0.244 e. The van der Waals surface area contributed by atoms with Crippen molar-refractivity contribution in [3.8, 4) is 0 Å². The lowest BCUT2D eigenvalue weighted by atomic mass is 10.1. The van der Waals surface area contributed by atoms with Gasteiger partial charge in [-0.25, -0.2) is 0 Å². The maximum absolute atomic E-state index is 12.1. The van der Waals surface area contributed by atoms with E-state index in [-0.39, 0.29) is 5.91 Å². The molecular weight excluding hydrogens is 308 g/mol. The average molecular weight is 337 g/mol. The van der Waals surface area contributed by atoms with Crippen molar-refractivity contribution in [1.82, 2.24) is 5.32 Å². The molecule has 0 aliphatic heterocycles.